The van der Waals surface area contributed by atoms with Crippen LogP contribution in [0.5, 0.6) is 0 Å². The third-order valence-corrected chi connectivity index (χ3v) is 4.60. The highest BCUT2D eigenvalue weighted by Crippen LogP contribution is 2.34. The molecular formula is C20H18FN3O. The molecule has 0 spiro atoms. The minimum absolute atomic E-state index is 0.145. The smallest absolute Gasteiger partial charge is 0.255 e. The van der Waals surface area contributed by atoms with Crippen molar-refractivity contribution in [1.29, 1.82) is 0 Å². The molecule has 1 aliphatic rings. The molecule has 4 nitrogen and oxygen atoms in total. The molecule has 3 aromatic rings. The summed E-state index contributed by atoms with van der Waals surface area (Å²) in [5, 5.41) is 9.89. The van der Waals surface area contributed by atoms with Crippen LogP contribution in [0.15, 0.2) is 60.8 Å². The zero-order valence-electron chi connectivity index (χ0n) is 13.6. The molecule has 1 aromatic heterocycles. The van der Waals surface area contributed by atoms with Crippen molar-refractivity contribution in [2.24, 2.45) is 5.92 Å². The molecule has 126 valence electrons. The first-order valence-electron chi connectivity index (χ1n) is 8.35. The number of rotatable bonds is 5. The van der Waals surface area contributed by atoms with Gasteiger partial charge in [-0.1, -0.05) is 30.3 Å². The number of aromatic nitrogens is 2. The van der Waals surface area contributed by atoms with E-state index in [4.69, 9.17) is 0 Å². The Morgan fingerprint density at radius 3 is 2.68 bits per heavy atom. The summed E-state index contributed by atoms with van der Waals surface area (Å²) in [5.41, 5.74) is 3.12. The van der Waals surface area contributed by atoms with Crippen LogP contribution >= 0.6 is 0 Å². The normalized spacial score (nSPS) is 18.8. The van der Waals surface area contributed by atoms with Crippen LogP contribution in [0.4, 0.5) is 4.39 Å². The number of nitrogens with zero attached hydrogens (tertiary/aromatic N) is 1. The van der Waals surface area contributed by atoms with Gasteiger partial charge in [0.25, 0.3) is 5.91 Å². The molecule has 1 amide bonds. The Morgan fingerprint density at radius 1 is 1.16 bits per heavy atom. The van der Waals surface area contributed by atoms with Crippen LogP contribution in [0, 0.1) is 11.7 Å². The van der Waals surface area contributed by atoms with Gasteiger partial charge in [-0.25, -0.2) is 4.39 Å². The molecule has 2 atom stereocenters. The quantitative estimate of drug-likeness (QED) is 0.749. The number of hydrogen-bond donors (Lipinski definition) is 2. The number of benzene rings is 2. The van der Waals surface area contributed by atoms with Crippen molar-refractivity contribution in [2.45, 2.75) is 18.9 Å². The number of nitrogens with one attached hydrogen (secondary N) is 2. The lowest BCUT2D eigenvalue weighted by Gasteiger charge is -2.06. The molecule has 0 radical (unpaired) electrons. The summed E-state index contributed by atoms with van der Waals surface area (Å²) in [7, 11) is 0. The van der Waals surface area contributed by atoms with Crippen LogP contribution in [0.2, 0.25) is 0 Å². The highest BCUT2D eigenvalue weighted by atomic mass is 19.1. The van der Waals surface area contributed by atoms with Crippen molar-refractivity contribution in [1.82, 2.24) is 15.5 Å². The minimum atomic E-state index is -0.309. The lowest BCUT2D eigenvalue weighted by molar-refractivity contribution is 0.0949. The van der Waals surface area contributed by atoms with Crippen LogP contribution in [0.3, 0.4) is 0 Å². The first-order chi connectivity index (χ1) is 12.2. The van der Waals surface area contributed by atoms with E-state index in [0.717, 1.165) is 18.4 Å². The van der Waals surface area contributed by atoms with Gasteiger partial charge < -0.3 is 5.32 Å². The summed E-state index contributed by atoms with van der Waals surface area (Å²) in [4.78, 5) is 12.6. The fraction of sp³-hybridized carbons (Fsp3) is 0.200. The second-order valence-corrected chi connectivity index (χ2v) is 6.43. The predicted molar refractivity (Wildman–Crippen MR) is 93.5 cm³/mol. The maximum Gasteiger partial charge on any atom is 0.255 e. The standard InChI is InChI=1S/C20H18FN3O/c21-16-8-6-14(7-9-16)19-17(12-22-24-19)20(25)23-18-11-15(18)10-13-4-2-1-3-5-13/h1-9,12,15,18H,10-11H2,(H,22,24)(H,23,25). The van der Waals surface area contributed by atoms with Crippen molar-refractivity contribution in [3.05, 3.63) is 77.7 Å². The van der Waals surface area contributed by atoms with Gasteiger partial charge in [0, 0.05) is 11.6 Å². The molecule has 1 fully saturated rings. The maximum atomic E-state index is 13.1. The highest BCUT2D eigenvalue weighted by molar-refractivity contribution is 6.00. The van der Waals surface area contributed by atoms with Gasteiger partial charge in [-0.2, -0.15) is 5.10 Å². The molecule has 25 heavy (non-hydrogen) atoms. The van der Waals surface area contributed by atoms with Crippen molar-refractivity contribution in [2.75, 3.05) is 0 Å². The van der Waals surface area contributed by atoms with Crippen molar-refractivity contribution < 1.29 is 9.18 Å². The van der Waals surface area contributed by atoms with E-state index in [1.807, 2.05) is 18.2 Å². The topological polar surface area (TPSA) is 57.8 Å². The van der Waals surface area contributed by atoms with E-state index in [2.05, 4.69) is 27.6 Å². The molecule has 1 heterocycles. The van der Waals surface area contributed by atoms with Gasteiger partial charge in [-0.05, 0) is 48.6 Å². The van der Waals surface area contributed by atoms with Crippen LogP contribution in [0.1, 0.15) is 22.3 Å². The number of H-pyrrole nitrogens is 1. The molecule has 2 N–H and O–H groups in total. The van der Waals surface area contributed by atoms with Gasteiger partial charge in [0.2, 0.25) is 0 Å². The van der Waals surface area contributed by atoms with Gasteiger partial charge in [0.05, 0.1) is 17.5 Å². The molecule has 5 heteroatoms. The van der Waals surface area contributed by atoms with Gasteiger partial charge in [0.15, 0.2) is 0 Å². The number of amides is 1. The average molecular weight is 335 g/mol. The van der Waals surface area contributed by atoms with Gasteiger partial charge >= 0.3 is 0 Å². The fourth-order valence-electron chi connectivity index (χ4n) is 3.11. The Morgan fingerprint density at radius 2 is 1.92 bits per heavy atom. The van der Waals surface area contributed by atoms with Crippen LogP contribution in [-0.2, 0) is 6.42 Å². The lowest BCUT2D eigenvalue weighted by Crippen LogP contribution is -2.27. The first kappa shape index (κ1) is 15.6. The number of carbonyl (C=O) groups excluding carboxylic acids is 1. The Balaban J connectivity index is 1.41. The Labute approximate surface area is 145 Å². The van der Waals surface area contributed by atoms with Crippen LogP contribution in [-0.4, -0.2) is 22.1 Å². The van der Waals surface area contributed by atoms with Crippen molar-refractivity contribution >= 4 is 5.91 Å². The highest BCUT2D eigenvalue weighted by Gasteiger charge is 2.38. The monoisotopic (exact) mass is 335 g/mol. The van der Waals surface area contributed by atoms with Gasteiger partial charge in [-0.3, -0.25) is 9.89 Å². The largest absolute Gasteiger partial charge is 0.349 e. The molecule has 0 bridgehead atoms. The van der Waals surface area contributed by atoms with E-state index in [1.54, 1.807) is 12.1 Å². The Kier molecular flexibility index (Phi) is 4.06. The maximum absolute atomic E-state index is 13.1. The third kappa shape index (κ3) is 3.45. The summed E-state index contributed by atoms with van der Waals surface area (Å²) in [6.07, 6.45) is 3.48. The van der Waals surface area contributed by atoms with Gasteiger partial charge in [0.1, 0.15) is 5.82 Å². The molecule has 2 aromatic carbocycles. The summed E-state index contributed by atoms with van der Waals surface area (Å²) < 4.78 is 13.1. The predicted octanol–water partition coefficient (Wildman–Crippen LogP) is 3.58. The second-order valence-electron chi connectivity index (χ2n) is 6.43. The van der Waals surface area contributed by atoms with Crippen LogP contribution in [0.25, 0.3) is 11.3 Å². The zero-order chi connectivity index (χ0) is 17.2. The number of carbonyl (C=O) groups is 1. The van der Waals surface area contributed by atoms with E-state index in [0.29, 0.717) is 17.2 Å². The summed E-state index contributed by atoms with van der Waals surface area (Å²) in [5.74, 6) is 0.0251. The van der Waals surface area contributed by atoms with Crippen molar-refractivity contribution in [3.8, 4) is 11.3 Å². The molecule has 1 saturated carbocycles. The van der Waals surface area contributed by atoms with Crippen molar-refractivity contribution in [3.63, 3.8) is 0 Å². The van der Waals surface area contributed by atoms with E-state index >= 15 is 0 Å². The molecule has 1 aliphatic carbocycles. The van der Waals surface area contributed by atoms with E-state index in [1.165, 1.54) is 23.9 Å². The molecule has 0 saturated heterocycles. The Bertz CT molecular complexity index is 873. The average Bonchev–Trinajstić information content (AvgIpc) is 3.15. The molecule has 2 unspecified atom stereocenters. The van der Waals surface area contributed by atoms with Gasteiger partial charge in [-0.15, -0.1) is 0 Å². The Hall–Kier alpha value is -2.95. The number of hydrogen-bond acceptors (Lipinski definition) is 2. The molecular weight excluding hydrogens is 317 g/mol. The van der Waals surface area contributed by atoms with E-state index in [9.17, 15) is 9.18 Å². The summed E-state index contributed by atoms with van der Waals surface area (Å²) >= 11 is 0. The third-order valence-electron chi connectivity index (χ3n) is 4.60. The summed E-state index contributed by atoms with van der Waals surface area (Å²) in [6, 6.07) is 16.5. The van der Waals surface area contributed by atoms with E-state index in [-0.39, 0.29) is 17.8 Å². The minimum Gasteiger partial charge on any atom is -0.349 e. The summed E-state index contributed by atoms with van der Waals surface area (Å²) in [6.45, 7) is 0. The number of halogens is 1. The van der Waals surface area contributed by atoms with Crippen LogP contribution < -0.4 is 5.32 Å². The molecule has 4 rings (SSSR count). The number of aromatic amines is 1. The molecule has 0 aliphatic heterocycles. The second kappa shape index (κ2) is 6.51. The SMILES string of the molecule is O=C(NC1CC1Cc1ccccc1)c1cn[nH]c1-c1ccc(F)cc1. The fourth-order valence-corrected chi connectivity index (χ4v) is 3.11. The first-order valence-corrected chi connectivity index (χ1v) is 8.35. The lowest BCUT2D eigenvalue weighted by atomic mass is 10.1. The van der Waals surface area contributed by atoms with E-state index < -0.39 is 0 Å². The zero-order valence-corrected chi connectivity index (χ0v) is 13.6.